The van der Waals surface area contributed by atoms with Gasteiger partial charge in [-0.1, -0.05) is 0 Å². The summed E-state index contributed by atoms with van der Waals surface area (Å²) in [5.41, 5.74) is -0.649. The van der Waals surface area contributed by atoms with E-state index in [4.69, 9.17) is 5.11 Å². The van der Waals surface area contributed by atoms with Crippen LogP contribution >= 0.6 is 0 Å². The van der Waals surface area contributed by atoms with Crippen molar-refractivity contribution in [1.29, 1.82) is 0 Å². The summed E-state index contributed by atoms with van der Waals surface area (Å²) in [4.78, 5) is 37.0. The highest BCUT2D eigenvalue weighted by Gasteiger charge is 2.30. The highest BCUT2D eigenvalue weighted by molar-refractivity contribution is 5.87. The molecule has 0 bridgehead atoms. The van der Waals surface area contributed by atoms with Crippen LogP contribution < -0.4 is 5.32 Å². The Bertz CT molecular complexity index is 360. The van der Waals surface area contributed by atoms with E-state index in [1.807, 2.05) is 0 Å². The second-order valence-electron chi connectivity index (χ2n) is 5.55. The standard InChI is InChI=1S/C12H23N3O4/c1-8(10(18)14(5)6)13-11(19)15(7-9(16)17)12(2,3)4/h8H,7H2,1-6H3,(H,13,19)(H,16,17). The Morgan fingerprint density at radius 1 is 1.21 bits per heavy atom. The van der Waals surface area contributed by atoms with Gasteiger partial charge in [0.15, 0.2) is 0 Å². The second kappa shape index (κ2) is 6.40. The zero-order valence-corrected chi connectivity index (χ0v) is 12.4. The van der Waals surface area contributed by atoms with Crippen LogP contribution in [0.1, 0.15) is 27.7 Å². The molecule has 0 rings (SSSR count). The Balaban J connectivity index is 4.84. The van der Waals surface area contributed by atoms with Gasteiger partial charge in [0.05, 0.1) is 0 Å². The first-order chi connectivity index (χ1) is 8.46. The molecule has 0 radical (unpaired) electrons. The summed E-state index contributed by atoms with van der Waals surface area (Å²) in [7, 11) is 3.17. The van der Waals surface area contributed by atoms with E-state index in [1.54, 1.807) is 41.8 Å². The largest absolute Gasteiger partial charge is 0.480 e. The number of carboxylic acids is 1. The van der Waals surface area contributed by atoms with Crippen LogP contribution in [0, 0.1) is 0 Å². The van der Waals surface area contributed by atoms with Crippen molar-refractivity contribution in [2.45, 2.75) is 39.3 Å². The van der Waals surface area contributed by atoms with E-state index in [0.717, 1.165) is 0 Å². The average Bonchev–Trinajstić information content (AvgIpc) is 2.22. The van der Waals surface area contributed by atoms with E-state index in [-0.39, 0.29) is 5.91 Å². The highest BCUT2D eigenvalue weighted by Crippen LogP contribution is 2.13. The number of nitrogens with one attached hydrogen (secondary N) is 1. The fraction of sp³-hybridized carbons (Fsp3) is 0.750. The lowest BCUT2D eigenvalue weighted by Gasteiger charge is -2.35. The van der Waals surface area contributed by atoms with E-state index in [2.05, 4.69) is 5.32 Å². The first-order valence-corrected chi connectivity index (χ1v) is 5.98. The predicted molar refractivity (Wildman–Crippen MR) is 70.8 cm³/mol. The van der Waals surface area contributed by atoms with Crippen LogP contribution in [0.3, 0.4) is 0 Å². The molecule has 0 spiro atoms. The summed E-state index contributed by atoms with van der Waals surface area (Å²) >= 11 is 0. The number of aliphatic carboxylic acids is 1. The lowest BCUT2D eigenvalue weighted by molar-refractivity contribution is -0.138. The summed E-state index contributed by atoms with van der Waals surface area (Å²) in [6.07, 6.45) is 0. The van der Waals surface area contributed by atoms with Crippen LogP contribution in [-0.4, -0.2) is 65.0 Å². The van der Waals surface area contributed by atoms with E-state index >= 15 is 0 Å². The van der Waals surface area contributed by atoms with Crippen molar-refractivity contribution < 1.29 is 19.5 Å². The zero-order valence-electron chi connectivity index (χ0n) is 12.4. The number of rotatable bonds is 4. The molecule has 0 heterocycles. The minimum absolute atomic E-state index is 0.252. The van der Waals surface area contributed by atoms with Gasteiger partial charge in [-0.25, -0.2) is 4.79 Å². The molecule has 19 heavy (non-hydrogen) atoms. The zero-order chi connectivity index (χ0) is 15.4. The van der Waals surface area contributed by atoms with E-state index in [9.17, 15) is 14.4 Å². The van der Waals surface area contributed by atoms with Gasteiger partial charge in [-0.3, -0.25) is 9.59 Å². The molecule has 7 nitrogen and oxygen atoms in total. The number of likely N-dealkylation sites (N-methyl/N-ethyl adjacent to an activating group) is 1. The Hall–Kier alpha value is -1.79. The number of hydrogen-bond acceptors (Lipinski definition) is 3. The summed E-state index contributed by atoms with van der Waals surface area (Å²) in [5.74, 6) is -1.35. The Morgan fingerprint density at radius 2 is 1.68 bits per heavy atom. The number of amides is 3. The maximum atomic E-state index is 12.0. The Morgan fingerprint density at radius 3 is 2.00 bits per heavy atom. The SMILES string of the molecule is CC(NC(=O)N(CC(=O)O)C(C)(C)C)C(=O)N(C)C. The van der Waals surface area contributed by atoms with E-state index in [0.29, 0.717) is 0 Å². The van der Waals surface area contributed by atoms with Crippen molar-refractivity contribution >= 4 is 17.9 Å². The number of carbonyl (C=O) groups excluding carboxylic acids is 2. The van der Waals surface area contributed by atoms with Crippen molar-refractivity contribution in [3.63, 3.8) is 0 Å². The van der Waals surface area contributed by atoms with E-state index in [1.165, 1.54) is 9.80 Å². The van der Waals surface area contributed by atoms with Gasteiger partial charge in [0, 0.05) is 19.6 Å². The lowest BCUT2D eigenvalue weighted by Crippen LogP contribution is -2.56. The topological polar surface area (TPSA) is 90.0 Å². The first kappa shape index (κ1) is 17.2. The minimum Gasteiger partial charge on any atom is -0.480 e. The molecular formula is C12H23N3O4. The first-order valence-electron chi connectivity index (χ1n) is 5.98. The molecule has 2 N–H and O–H groups in total. The molecule has 0 saturated carbocycles. The maximum Gasteiger partial charge on any atom is 0.323 e. The maximum absolute atomic E-state index is 12.0. The molecule has 0 aromatic rings. The predicted octanol–water partition coefficient (Wildman–Crippen LogP) is 0.358. The number of nitrogens with zero attached hydrogens (tertiary/aromatic N) is 2. The number of carbonyl (C=O) groups is 3. The van der Waals surface area contributed by atoms with Crippen molar-refractivity contribution in [2.24, 2.45) is 0 Å². The van der Waals surface area contributed by atoms with Gasteiger partial charge in [-0.15, -0.1) is 0 Å². The Kier molecular flexibility index (Phi) is 5.80. The van der Waals surface area contributed by atoms with Crippen LogP contribution in [-0.2, 0) is 9.59 Å². The molecule has 0 aromatic carbocycles. The molecule has 110 valence electrons. The smallest absolute Gasteiger partial charge is 0.323 e. The van der Waals surface area contributed by atoms with Gasteiger partial charge < -0.3 is 20.2 Å². The molecule has 0 fully saturated rings. The van der Waals surface area contributed by atoms with Crippen LogP contribution in [0.4, 0.5) is 4.79 Å². The third-order valence-electron chi connectivity index (χ3n) is 2.50. The van der Waals surface area contributed by atoms with Crippen molar-refractivity contribution in [1.82, 2.24) is 15.1 Å². The normalized spacial score (nSPS) is 12.5. The molecule has 0 saturated heterocycles. The van der Waals surface area contributed by atoms with Crippen LogP contribution in [0.2, 0.25) is 0 Å². The minimum atomic E-state index is -1.10. The fourth-order valence-corrected chi connectivity index (χ4v) is 1.46. The number of hydrogen-bond donors (Lipinski definition) is 2. The fourth-order valence-electron chi connectivity index (χ4n) is 1.46. The van der Waals surface area contributed by atoms with Crippen molar-refractivity contribution in [2.75, 3.05) is 20.6 Å². The summed E-state index contributed by atoms with van der Waals surface area (Å²) in [6.45, 7) is 6.33. The molecule has 1 atom stereocenters. The van der Waals surface area contributed by atoms with Crippen LogP contribution in [0.5, 0.6) is 0 Å². The molecule has 7 heteroatoms. The molecular weight excluding hydrogens is 250 g/mol. The van der Waals surface area contributed by atoms with Gasteiger partial charge in [0.1, 0.15) is 12.6 Å². The number of urea groups is 1. The van der Waals surface area contributed by atoms with Gasteiger partial charge in [-0.2, -0.15) is 0 Å². The summed E-state index contributed by atoms with van der Waals surface area (Å²) in [6, 6.07) is -1.28. The Labute approximate surface area is 113 Å². The monoisotopic (exact) mass is 273 g/mol. The number of carboxylic acid groups (broad SMARTS) is 1. The van der Waals surface area contributed by atoms with E-state index < -0.39 is 30.1 Å². The molecule has 0 aliphatic heterocycles. The third kappa shape index (κ3) is 5.58. The lowest BCUT2D eigenvalue weighted by atomic mass is 10.1. The van der Waals surface area contributed by atoms with Crippen LogP contribution in [0.25, 0.3) is 0 Å². The summed E-state index contributed by atoms with van der Waals surface area (Å²) < 4.78 is 0. The van der Waals surface area contributed by atoms with Crippen molar-refractivity contribution in [3.05, 3.63) is 0 Å². The molecule has 1 unspecified atom stereocenters. The molecule has 0 aliphatic carbocycles. The van der Waals surface area contributed by atoms with Gasteiger partial charge in [-0.05, 0) is 27.7 Å². The van der Waals surface area contributed by atoms with Gasteiger partial charge in [0.2, 0.25) is 5.91 Å². The van der Waals surface area contributed by atoms with Gasteiger partial charge >= 0.3 is 12.0 Å². The summed E-state index contributed by atoms with van der Waals surface area (Å²) in [5, 5.41) is 11.3. The molecule has 0 aromatic heterocycles. The van der Waals surface area contributed by atoms with Crippen LogP contribution in [0.15, 0.2) is 0 Å². The third-order valence-corrected chi connectivity index (χ3v) is 2.50. The van der Waals surface area contributed by atoms with Gasteiger partial charge in [0.25, 0.3) is 0 Å². The highest BCUT2D eigenvalue weighted by atomic mass is 16.4. The second-order valence-corrected chi connectivity index (χ2v) is 5.55. The molecule has 0 aliphatic rings. The average molecular weight is 273 g/mol. The van der Waals surface area contributed by atoms with Crippen molar-refractivity contribution in [3.8, 4) is 0 Å². The quantitative estimate of drug-likeness (QED) is 0.773. The molecule has 3 amide bonds.